The number of fused-ring (bicyclic) bond motifs is 3. The van der Waals surface area contributed by atoms with Crippen LogP contribution in [0.1, 0.15) is 5.82 Å². The van der Waals surface area contributed by atoms with E-state index in [1.807, 2.05) is 41.7 Å². The minimum absolute atomic E-state index is 0.274. The molecule has 0 saturated heterocycles. The van der Waals surface area contributed by atoms with Crippen molar-refractivity contribution in [1.29, 1.82) is 0 Å². The lowest BCUT2D eigenvalue weighted by Crippen LogP contribution is -1.95. The molecule has 0 saturated carbocycles. The molecule has 0 atom stereocenters. The predicted octanol–water partition coefficient (Wildman–Crippen LogP) is 4.65. The van der Waals surface area contributed by atoms with Crippen molar-refractivity contribution in [1.82, 2.24) is 14.6 Å². The van der Waals surface area contributed by atoms with Gasteiger partial charge in [0, 0.05) is 16.0 Å². The number of benzene rings is 2. The summed E-state index contributed by atoms with van der Waals surface area (Å²) in [6.45, 7) is 1.89. The van der Waals surface area contributed by atoms with Crippen molar-refractivity contribution >= 4 is 28.2 Å². The Morgan fingerprint density at radius 3 is 2.64 bits per heavy atom. The van der Waals surface area contributed by atoms with Crippen molar-refractivity contribution in [2.24, 2.45) is 0 Å². The molecular weight excluding hydrogens is 301 g/mol. The number of aryl methyl sites for hydroxylation is 1. The third-order valence-corrected chi connectivity index (χ3v) is 4.01. The maximum atomic E-state index is 14.2. The standard InChI is InChI=1S/C17H11ClFN3/c1-10-20-21-17-9-13(12-4-2-3-5-15(12)19)14-8-11(18)6-7-16(14)22(10)17/h2-9H,1H3. The second-order valence-corrected chi connectivity index (χ2v) is 5.58. The molecule has 0 bridgehead atoms. The van der Waals surface area contributed by atoms with Crippen LogP contribution in [0.3, 0.4) is 0 Å². The maximum absolute atomic E-state index is 14.2. The van der Waals surface area contributed by atoms with Gasteiger partial charge in [-0.3, -0.25) is 4.40 Å². The number of rotatable bonds is 1. The van der Waals surface area contributed by atoms with Crippen molar-refractivity contribution in [2.75, 3.05) is 0 Å². The molecule has 2 heterocycles. The van der Waals surface area contributed by atoms with Gasteiger partial charge in [-0.2, -0.15) is 0 Å². The summed E-state index contributed by atoms with van der Waals surface area (Å²) in [5.41, 5.74) is 2.88. The lowest BCUT2D eigenvalue weighted by atomic mass is 10.0. The van der Waals surface area contributed by atoms with Crippen LogP contribution in [0.15, 0.2) is 48.5 Å². The molecular formula is C17H11ClFN3. The average Bonchev–Trinajstić information content (AvgIpc) is 2.88. The van der Waals surface area contributed by atoms with Gasteiger partial charge in [-0.05, 0) is 42.8 Å². The number of halogens is 2. The molecule has 0 N–H and O–H groups in total. The van der Waals surface area contributed by atoms with Crippen LogP contribution in [0, 0.1) is 12.7 Å². The fraction of sp³-hybridized carbons (Fsp3) is 0.0588. The Balaban J connectivity index is 2.21. The summed E-state index contributed by atoms with van der Waals surface area (Å²) in [6.07, 6.45) is 0. The molecule has 3 nitrogen and oxygen atoms in total. The van der Waals surface area contributed by atoms with Gasteiger partial charge in [-0.1, -0.05) is 29.8 Å². The zero-order valence-electron chi connectivity index (χ0n) is 11.7. The third kappa shape index (κ3) is 1.88. The van der Waals surface area contributed by atoms with Gasteiger partial charge in [-0.25, -0.2) is 4.39 Å². The Labute approximate surface area is 131 Å². The number of nitrogens with zero attached hydrogens (tertiary/aromatic N) is 3. The highest BCUT2D eigenvalue weighted by molar-refractivity contribution is 6.31. The van der Waals surface area contributed by atoms with E-state index < -0.39 is 0 Å². The normalized spacial score (nSPS) is 11.4. The minimum atomic E-state index is -0.274. The Morgan fingerprint density at radius 2 is 1.82 bits per heavy atom. The molecule has 0 unspecified atom stereocenters. The molecule has 108 valence electrons. The Morgan fingerprint density at radius 1 is 1.00 bits per heavy atom. The zero-order valence-corrected chi connectivity index (χ0v) is 12.5. The van der Waals surface area contributed by atoms with Crippen LogP contribution in [0.5, 0.6) is 0 Å². The van der Waals surface area contributed by atoms with Crippen LogP contribution in [-0.2, 0) is 0 Å². The zero-order chi connectivity index (χ0) is 15.3. The Bertz CT molecular complexity index is 1020. The third-order valence-electron chi connectivity index (χ3n) is 3.78. The van der Waals surface area contributed by atoms with E-state index in [-0.39, 0.29) is 5.82 Å². The van der Waals surface area contributed by atoms with E-state index in [2.05, 4.69) is 10.2 Å². The van der Waals surface area contributed by atoms with Gasteiger partial charge < -0.3 is 0 Å². The molecule has 4 rings (SSSR count). The van der Waals surface area contributed by atoms with E-state index >= 15 is 0 Å². The molecule has 0 amide bonds. The van der Waals surface area contributed by atoms with Gasteiger partial charge in [0.25, 0.3) is 0 Å². The number of hydrogen-bond acceptors (Lipinski definition) is 2. The molecule has 0 spiro atoms. The maximum Gasteiger partial charge on any atom is 0.161 e. The quantitative estimate of drug-likeness (QED) is 0.512. The van der Waals surface area contributed by atoms with Crippen LogP contribution >= 0.6 is 11.6 Å². The molecule has 2 aromatic carbocycles. The molecule has 2 aromatic heterocycles. The van der Waals surface area contributed by atoms with Crippen molar-refractivity contribution in [3.63, 3.8) is 0 Å². The monoisotopic (exact) mass is 311 g/mol. The van der Waals surface area contributed by atoms with Crippen LogP contribution < -0.4 is 0 Å². The van der Waals surface area contributed by atoms with Gasteiger partial charge >= 0.3 is 0 Å². The fourth-order valence-electron chi connectivity index (χ4n) is 2.80. The summed E-state index contributed by atoms with van der Waals surface area (Å²) in [5.74, 6) is 0.506. The van der Waals surface area contributed by atoms with Crippen molar-refractivity contribution in [3.8, 4) is 11.1 Å². The Kier molecular flexibility index (Phi) is 2.87. The lowest BCUT2D eigenvalue weighted by Gasteiger charge is -2.11. The first-order chi connectivity index (χ1) is 10.6. The summed E-state index contributed by atoms with van der Waals surface area (Å²) < 4.78 is 16.2. The van der Waals surface area contributed by atoms with Crippen LogP contribution in [0.4, 0.5) is 4.39 Å². The largest absolute Gasteiger partial charge is 0.279 e. The number of hydrogen-bond donors (Lipinski definition) is 0. The molecule has 5 heteroatoms. The average molecular weight is 312 g/mol. The van der Waals surface area contributed by atoms with Gasteiger partial charge in [0.15, 0.2) is 5.65 Å². The van der Waals surface area contributed by atoms with E-state index in [9.17, 15) is 4.39 Å². The summed E-state index contributed by atoms with van der Waals surface area (Å²) in [6, 6.07) is 14.1. The van der Waals surface area contributed by atoms with Gasteiger partial charge in [-0.15, -0.1) is 10.2 Å². The molecule has 0 aliphatic carbocycles. The van der Waals surface area contributed by atoms with Crippen LogP contribution in [0.25, 0.3) is 27.7 Å². The minimum Gasteiger partial charge on any atom is -0.279 e. The molecule has 22 heavy (non-hydrogen) atoms. The van der Waals surface area contributed by atoms with E-state index in [4.69, 9.17) is 11.6 Å². The first-order valence-electron chi connectivity index (χ1n) is 6.84. The van der Waals surface area contributed by atoms with Crippen molar-refractivity contribution in [2.45, 2.75) is 6.92 Å². The first kappa shape index (κ1) is 13.2. The Hall–Kier alpha value is -2.46. The highest BCUT2D eigenvalue weighted by Gasteiger charge is 2.14. The highest BCUT2D eigenvalue weighted by Crippen LogP contribution is 2.33. The second-order valence-electron chi connectivity index (χ2n) is 5.14. The van der Waals surface area contributed by atoms with Gasteiger partial charge in [0.05, 0.1) is 5.52 Å². The molecule has 0 radical (unpaired) electrons. The van der Waals surface area contributed by atoms with E-state index in [0.717, 1.165) is 22.3 Å². The summed E-state index contributed by atoms with van der Waals surface area (Å²) in [7, 11) is 0. The molecule has 0 aliphatic heterocycles. The SMILES string of the molecule is Cc1nnc2cc(-c3ccccc3F)c3cc(Cl)ccc3n12. The van der Waals surface area contributed by atoms with Crippen molar-refractivity contribution in [3.05, 3.63) is 65.2 Å². The van der Waals surface area contributed by atoms with E-state index in [1.54, 1.807) is 12.1 Å². The van der Waals surface area contributed by atoms with E-state index in [1.165, 1.54) is 6.07 Å². The highest BCUT2D eigenvalue weighted by atomic mass is 35.5. The molecule has 4 aromatic rings. The second kappa shape index (κ2) is 4.78. The molecule has 0 aliphatic rings. The summed E-state index contributed by atoms with van der Waals surface area (Å²) in [5, 5.41) is 9.75. The topological polar surface area (TPSA) is 30.2 Å². The molecule has 0 fully saturated rings. The first-order valence-corrected chi connectivity index (χ1v) is 7.22. The predicted molar refractivity (Wildman–Crippen MR) is 85.6 cm³/mol. The lowest BCUT2D eigenvalue weighted by molar-refractivity contribution is 0.631. The van der Waals surface area contributed by atoms with Crippen molar-refractivity contribution < 1.29 is 4.39 Å². The van der Waals surface area contributed by atoms with Gasteiger partial charge in [0.2, 0.25) is 0 Å². The smallest absolute Gasteiger partial charge is 0.161 e. The summed E-state index contributed by atoms with van der Waals surface area (Å²) in [4.78, 5) is 0. The fourth-order valence-corrected chi connectivity index (χ4v) is 2.97. The van der Waals surface area contributed by atoms with Gasteiger partial charge in [0.1, 0.15) is 11.6 Å². The van der Waals surface area contributed by atoms with Crippen LogP contribution in [0.2, 0.25) is 5.02 Å². The van der Waals surface area contributed by atoms with E-state index in [0.29, 0.717) is 16.2 Å². The summed E-state index contributed by atoms with van der Waals surface area (Å²) >= 11 is 6.15. The number of aromatic nitrogens is 3. The number of pyridine rings is 1. The van der Waals surface area contributed by atoms with Crippen LogP contribution in [-0.4, -0.2) is 14.6 Å².